The van der Waals surface area contributed by atoms with E-state index in [9.17, 15) is 21.6 Å². The van der Waals surface area contributed by atoms with Crippen LogP contribution < -0.4 is 15.5 Å². The van der Waals surface area contributed by atoms with E-state index >= 15 is 0 Å². The van der Waals surface area contributed by atoms with Crippen molar-refractivity contribution in [1.82, 2.24) is 9.97 Å². The van der Waals surface area contributed by atoms with Gasteiger partial charge in [-0.2, -0.15) is 18.2 Å². The van der Waals surface area contributed by atoms with Gasteiger partial charge >= 0.3 is 6.18 Å². The van der Waals surface area contributed by atoms with Gasteiger partial charge in [-0.1, -0.05) is 30.7 Å². The molecule has 0 radical (unpaired) electrons. The molecule has 0 amide bonds. The average molecular weight is 518 g/mol. The average Bonchev–Trinajstić information content (AvgIpc) is 2.93. The van der Waals surface area contributed by atoms with Crippen LogP contribution in [-0.4, -0.2) is 32.5 Å². The molecule has 0 spiro atoms. The molecule has 2 N–H and O–H groups in total. The van der Waals surface area contributed by atoms with E-state index in [1.54, 1.807) is 18.2 Å². The Bertz CT molecular complexity index is 1410. The van der Waals surface area contributed by atoms with Crippen molar-refractivity contribution in [1.29, 1.82) is 0 Å². The van der Waals surface area contributed by atoms with Gasteiger partial charge in [0.25, 0.3) is 0 Å². The number of hydrogen-bond donors (Lipinski definition) is 2. The first-order valence-electron chi connectivity index (χ1n) is 11.6. The van der Waals surface area contributed by atoms with Gasteiger partial charge < -0.3 is 15.5 Å². The van der Waals surface area contributed by atoms with Crippen molar-refractivity contribution < 1.29 is 21.6 Å². The second kappa shape index (κ2) is 8.95. The van der Waals surface area contributed by atoms with Crippen molar-refractivity contribution in [2.45, 2.75) is 42.5 Å². The van der Waals surface area contributed by atoms with Gasteiger partial charge in [0.15, 0.2) is 9.84 Å². The van der Waals surface area contributed by atoms with Crippen molar-refractivity contribution in [3.05, 3.63) is 70.9 Å². The molecule has 1 fully saturated rings. The van der Waals surface area contributed by atoms with E-state index in [4.69, 9.17) is 0 Å². The second-order valence-electron chi connectivity index (χ2n) is 9.30. The Hall–Kier alpha value is -3.34. The van der Waals surface area contributed by atoms with E-state index in [2.05, 4.69) is 20.6 Å². The minimum Gasteiger partial charge on any atom is -0.377 e. The first kappa shape index (κ1) is 24.4. The summed E-state index contributed by atoms with van der Waals surface area (Å²) in [5.41, 5.74) is 2.83. The molecule has 0 aliphatic carbocycles. The fourth-order valence-electron chi connectivity index (χ4n) is 5.09. The summed E-state index contributed by atoms with van der Waals surface area (Å²) in [6.07, 6.45) is -1.84. The third-order valence-electron chi connectivity index (χ3n) is 6.78. The van der Waals surface area contributed by atoms with E-state index in [-0.39, 0.29) is 18.3 Å². The quantitative estimate of drug-likeness (QED) is 0.439. The summed E-state index contributed by atoms with van der Waals surface area (Å²) in [5, 5.41) is 4.78. The largest absolute Gasteiger partial charge is 0.421 e. The van der Waals surface area contributed by atoms with Crippen LogP contribution in [0.2, 0.25) is 0 Å². The van der Waals surface area contributed by atoms with Gasteiger partial charge in [-0.3, -0.25) is 0 Å². The molecule has 3 heterocycles. The number of alkyl halides is 3. The third-order valence-corrected chi connectivity index (χ3v) is 9.34. The summed E-state index contributed by atoms with van der Waals surface area (Å²) in [5.74, 6) is -0.358. The topological polar surface area (TPSA) is 87.2 Å². The van der Waals surface area contributed by atoms with Crippen LogP contribution in [0.5, 0.6) is 0 Å². The Morgan fingerprint density at radius 3 is 2.50 bits per heavy atom. The van der Waals surface area contributed by atoms with Gasteiger partial charge in [0.05, 0.1) is 10.5 Å². The fraction of sp³-hybridized carbons (Fsp3) is 0.360. The van der Waals surface area contributed by atoms with Crippen LogP contribution in [0.3, 0.4) is 0 Å². The van der Waals surface area contributed by atoms with Crippen molar-refractivity contribution >= 4 is 33.0 Å². The van der Waals surface area contributed by atoms with Gasteiger partial charge in [0.1, 0.15) is 11.4 Å². The summed E-state index contributed by atoms with van der Waals surface area (Å²) in [4.78, 5) is 9.90. The van der Waals surface area contributed by atoms with E-state index in [0.717, 1.165) is 35.0 Å². The molecule has 1 aromatic heterocycles. The second-order valence-corrected chi connectivity index (χ2v) is 11.6. The molecule has 11 heteroatoms. The molecule has 2 aromatic carbocycles. The molecule has 2 atom stereocenters. The summed E-state index contributed by atoms with van der Waals surface area (Å²) >= 11 is 0. The van der Waals surface area contributed by atoms with E-state index in [1.807, 2.05) is 43.3 Å². The van der Waals surface area contributed by atoms with Crippen molar-refractivity contribution in [3.63, 3.8) is 0 Å². The van der Waals surface area contributed by atoms with Gasteiger partial charge in [0, 0.05) is 38.2 Å². The number of hydrogen-bond acceptors (Lipinski definition) is 7. The molecule has 2 aliphatic heterocycles. The van der Waals surface area contributed by atoms with Crippen LogP contribution in [0.25, 0.3) is 0 Å². The minimum absolute atomic E-state index is 0.0184. The Morgan fingerprint density at radius 1 is 1.06 bits per heavy atom. The van der Waals surface area contributed by atoms with Crippen LogP contribution >= 0.6 is 0 Å². The third kappa shape index (κ3) is 4.36. The highest BCUT2D eigenvalue weighted by molar-refractivity contribution is 7.92. The van der Waals surface area contributed by atoms with Crippen LogP contribution in [0.1, 0.15) is 52.0 Å². The van der Waals surface area contributed by atoms with Crippen LogP contribution in [0, 0.1) is 0 Å². The molecule has 2 bridgehead atoms. The molecule has 1 saturated heterocycles. The Morgan fingerprint density at radius 2 is 1.78 bits per heavy atom. The van der Waals surface area contributed by atoms with Crippen LogP contribution in [-0.2, 0) is 22.6 Å². The van der Waals surface area contributed by atoms with Gasteiger partial charge in [-0.25, -0.2) is 13.4 Å². The number of nitrogens with zero attached hydrogens (tertiary/aromatic N) is 3. The van der Waals surface area contributed by atoms with Gasteiger partial charge in [-0.05, 0) is 47.7 Å². The smallest absolute Gasteiger partial charge is 0.377 e. The summed E-state index contributed by atoms with van der Waals surface area (Å²) in [6, 6.07) is 12.7. The zero-order valence-electron chi connectivity index (χ0n) is 19.8. The number of nitrogens with one attached hydrogen (secondary N) is 2. The van der Waals surface area contributed by atoms with E-state index in [1.165, 1.54) is 0 Å². The molecule has 3 aromatic rings. The maximum Gasteiger partial charge on any atom is 0.421 e. The van der Waals surface area contributed by atoms with E-state index < -0.39 is 32.1 Å². The highest BCUT2D eigenvalue weighted by atomic mass is 32.2. The van der Waals surface area contributed by atoms with E-state index in [0.29, 0.717) is 18.5 Å². The number of rotatable bonds is 6. The zero-order valence-corrected chi connectivity index (χ0v) is 20.6. The molecule has 0 saturated carbocycles. The monoisotopic (exact) mass is 517 g/mol. The number of sulfone groups is 1. The number of anilines is 4. The Labute approximate surface area is 207 Å². The molecule has 5 rings (SSSR count). The highest BCUT2D eigenvalue weighted by Crippen LogP contribution is 2.53. The lowest BCUT2D eigenvalue weighted by Gasteiger charge is -2.19. The first-order valence-corrected chi connectivity index (χ1v) is 13.2. The number of para-hydroxylation sites is 1. The number of fused-ring (bicyclic) bond motifs is 5. The predicted octanol–water partition coefficient (Wildman–Crippen LogP) is 5.61. The molecule has 36 heavy (non-hydrogen) atoms. The summed E-state index contributed by atoms with van der Waals surface area (Å²) < 4.78 is 66.6. The standard InChI is InChI=1S/C25H26F3N5O2S/c1-33(2)20-7-4-3-6-15(20)13-29-23-19(25(26,27)28)14-30-24(32-23)31-16-10-11-17-18(12-16)22-9-5-8-21(17)36(22,34)35/h3-4,6-7,10-12,14,21-22H,5,8-9,13H2,1-2H3,(H2,29,30,31,32). The minimum atomic E-state index is -4.64. The normalized spacial score (nSPS) is 20.0. The number of benzene rings is 2. The van der Waals surface area contributed by atoms with Crippen molar-refractivity contribution in [2.24, 2.45) is 0 Å². The van der Waals surface area contributed by atoms with Crippen molar-refractivity contribution in [2.75, 3.05) is 29.6 Å². The lowest BCUT2D eigenvalue weighted by atomic mass is 10.0. The summed E-state index contributed by atoms with van der Waals surface area (Å²) in [6.45, 7) is 0.133. The molecule has 2 unspecified atom stereocenters. The molecular formula is C25H26F3N5O2S. The van der Waals surface area contributed by atoms with Crippen molar-refractivity contribution in [3.8, 4) is 0 Å². The molecule has 2 aliphatic rings. The van der Waals surface area contributed by atoms with Gasteiger partial charge in [-0.15, -0.1) is 0 Å². The highest BCUT2D eigenvalue weighted by Gasteiger charge is 2.47. The number of aromatic nitrogens is 2. The SMILES string of the molecule is CN(C)c1ccccc1CNc1nc(Nc2ccc3c(c2)C2CCCC3S2(=O)=O)ncc1C(F)(F)F. The first-order chi connectivity index (χ1) is 17.1. The summed E-state index contributed by atoms with van der Waals surface area (Å²) in [7, 11) is 0.479. The Balaban J connectivity index is 1.43. The Kier molecular flexibility index (Phi) is 6.06. The maximum absolute atomic E-state index is 13.7. The zero-order chi connectivity index (χ0) is 25.7. The molecule has 190 valence electrons. The molecular weight excluding hydrogens is 491 g/mol. The lowest BCUT2D eigenvalue weighted by Crippen LogP contribution is -2.17. The number of halogens is 3. The fourth-order valence-corrected chi connectivity index (χ4v) is 7.61. The van der Waals surface area contributed by atoms with Gasteiger partial charge in [0.2, 0.25) is 5.95 Å². The van der Waals surface area contributed by atoms with Crippen LogP contribution in [0.15, 0.2) is 48.7 Å². The lowest BCUT2D eigenvalue weighted by molar-refractivity contribution is -0.137. The van der Waals surface area contributed by atoms with Crippen LogP contribution in [0.4, 0.5) is 36.3 Å². The molecule has 7 nitrogen and oxygen atoms in total. The maximum atomic E-state index is 13.7. The predicted molar refractivity (Wildman–Crippen MR) is 133 cm³/mol.